The summed E-state index contributed by atoms with van der Waals surface area (Å²) in [5.74, 6) is -0.835. The molecule has 1 fully saturated rings. The highest BCUT2D eigenvalue weighted by atomic mass is 79.9. The van der Waals surface area contributed by atoms with Crippen LogP contribution in [-0.2, 0) is 23.4 Å². The first-order chi connectivity index (χ1) is 14.0. The van der Waals surface area contributed by atoms with Crippen molar-refractivity contribution in [3.05, 3.63) is 15.1 Å². The third kappa shape index (κ3) is 4.72. The van der Waals surface area contributed by atoms with Crippen molar-refractivity contribution in [1.82, 2.24) is 19.5 Å². The van der Waals surface area contributed by atoms with Crippen LogP contribution in [0.1, 0.15) is 26.0 Å². The number of ether oxygens (including phenoxy) is 2. The normalized spacial score (nSPS) is 24.4. The highest BCUT2D eigenvalue weighted by Gasteiger charge is 2.49. The summed E-state index contributed by atoms with van der Waals surface area (Å²) >= 11 is 3.17. The molecule has 6 N–H and O–H groups in total. The Balaban J connectivity index is 2.02. The van der Waals surface area contributed by atoms with Crippen LogP contribution in [0.15, 0.2) is 9.53 Å². The zero-order valence-corrected chi connectivity index (χ0v) is 17.9. The number of phosphoric acid groups is 1. The fraction of sp³-hybridized carbons (Fsp3) is 0.571. The number of nitrogens with two attached hydrogens (primary N) is 1. The van der Waals surface area contributed by atoms with Crippen molar-refractivity contribution in [3.8, 4) is 0 Å². The molecule has 0 amide bonds. The molecule has 0 aromatic carbocycles. The number of carbonyl (C=O) groups is 1. The SMILES string of the molecule is CCCC(=O)O[C@@H]1[C@H](O)[C@@H](COP(=O)(O)O)O[C@H]1n1c(Br)nc2c(=O)[nH]c(N)nc21. The molecule has 0 aliphatic carbocycles. The minimum Gasteiger partial charge on any atom is -0.455 e. The van der Waals surface area contributed by atoms with E-state index in [9.17, 15) is 19.3 Å². The number of aromatic amines is 1. The van der Waals surface area contributed by atoms with Gasteiger partial charge in [0.15, 0.2) is 28.2 Å². The van der Waals surface area contributed by atoms with Crippen molar-refractivity contribution in [1.29, 1.82) is 0 Å². The molecule has 14 nitrogen and oxygen atoms in total. The number of aliphatic hydroxyl groups excluding tert-OH is 1. The van der Waals surface area contributed by atoms with Crippen LogP contribution < -0.4 is 11.3 Å². The molecule has 4 atom stereocenters. The van der Waals surface area contributed by atoms with Crippen molar-refractivity contribution < 1.29 is 38.3 Å². The summed E-state index contributed by atoms with van der Waals surface area (Å²) < 4.78 is 27.8. The lowest BCUT2D eigenvalue weighted by molar-refractivity contribution is -0.158. The van der Waals surface area contributed by atoms with Crippen molar-refractivity contribution in [2.45, 2.75) is 44.3 Å². The quantitative estimate of drug-likeness (QED) is 0.181. The first-order valence-corrected chi connectivity index (χ1v) is 11.0. The van der Waals surface area contributed by atoms with Crippen molar-refractivity contribution in [2.75, 3.05) is 12.3 Å². The molecule has 1 aliphatic rings. The lowest BCUT2D eigenvalue weighted by atomic mass is 10.1. The van der Waals surface area contributed by atoms with E-state index in [-0.39, 0.29) is 28.3 Å². The molecular formula is C14H19BrN5O9P. The fourth-order valence-corrected chi connectivity index (χ4v) is 3.86. The van der Waals surface area contributed by atoms with Gasteiger partial charge in [0.1, 0.15) is 12.2 Å². The van der Waals surface area contributed by atoms with Crippen LogP contribution in [0.5, 0.6) is 0 Å². The lowest BCUT2D eigenvalue weighted by Gasteiger charge is -2.22. The molecule has 3 heterocycles. The van der Waals surface area contributed by atoms with E-state index in [1.807, 2.05) is 0 Å². The standard InChI is InChI=1S/C14H19BrN5O9P/c1-2-3-6(21)29-9-8(22)5(4-27-30(24,25)26)28-12(9)20-10-7(17-13(20)15)11(23)19-14(16)18-10/h5,8-9,12,22H,2-4H2,1H3,(H2,24,25,26)(H3,16,18,19,23)/t5-,8-,9-,12-/m1/s1. The van der Waals surface area contributed by atoms with E-state index in [0.29, 0.717) is 6.42 Å². The van der Waals surface area contributed by atoms with Gasteiger partial charge in [-0.1, -0.05) is 6.92 Å². The topological polar surface area (TPSA) is 212 Å². The molecule has 1 aliphatic heterocycles. The van der Waals surface area contributed by atoms with Crippen molar-refractivity contribution in [2.24, 2.45) is 0 Å². The molecule has 0 spiro atoms. The number of fused-ring (bicyclic) bond motifs is 1. The number of nitrogens with one attached hydrogen (secondary N) is 1. The minimum absolute atomic E-state index is 0.0200. The maximum absolute atomic E-state index is 12.1. The Hall–Kier alpha value is -1.87. The van der Waals surface area contributed by atoms with E-state index < -0.39 is 50.5 Å². The number of halogens is 1. The number of aliphatic hydroxyl groups is 1. The van der Waals surface area contributed by atoms with Crippen LogP contribution in [0.25, 0.3) is 11.2 Å². The summed E-state index contributed by atoms with van der Waals surface area (Å²) in [6, 6.07) is 0. The number of nitrogen functional groups attached to an aromatic ring is 1. The number of anilines is 1. The van der Waals surface area contributed by atoms with Crippen LogP contribution in [0.2, 0.25) is 0 Å². The van der Waals surface area contributed by atoms with Gasteiger partial charge >= 0.3 is 13.8 Å². The van der Waals surface area contributed by atoms with Gasteiger partial charge in [-0.25, -0.2) is 9.55 Å². The van der Waals surface area contributed by atoms with Gasteiger partial charge in [-0.15, -0.1) is 0 Å². The first kappa shape index (κ1) is 22.8. The van der Waals surface area contributed by atoms with E-state index >= 15 is 0 Å². The summed E-state index contributed by atoms with van der Waals surface area (Å²) in [6.45, 7) is 1.07. The Labute approximate surface area is 176 Å². The van der Waals surface area contributed by atoms with E-state index in [2.05, 4.69) is 35.4 Å². The average molecular weight is 512 g/mol. The summed E-state index contributed by atoms with van der Waals surface area (Å²) in [5.41, 5.74) is 4.86. The number of carbonyl (C=O) groups excluding carboxylic acids is 1. The van der Waals surface area contributed by atoms with Gasteiger partial charge in [0.2, 0.25) is 5.95 Å². The Bertz CT molecular complexity index is 1050. The number of nitrogens with zero attached hydrogens (tertiary/aromatic N) is 3. The molecule has 0 saturated carbocycles. The molecule has 30 heavy (non-hydrogen) atoms. The van der Waals surface area contributed by atoms with Crippen molar-refractivity contribution in [3.63, 3.8) is 0 Å². The maximum Gasteiger partial charge on any atom is 0.469 e. The van der Waals surface area contributed by atoms with Gasteiger partial charge in [-0.2, -0.15) is 4.98 Å². The van der Waals surface area contributed by atoms with Gasteiger partial charge in [0, 0.05) is 6.42 Å². The minimum atomic E-state index is -4.85. The summed E-state index contributed by atoms with van der Waals surface area (Å²) in [4.78, 5) is 52.4. The highest BCUT2D eigenvalue weighted by molar-refractivity contribution is 9.10. The second kappa shape index (κ2) is 8.70. The van der Waals surface area contributed by atoms with Gasteiger partial charge < -0.3 is 30.1 Å². The van der Waals surface area contributed by atoms with Crippen LogP contribution in [0.4, 0.5) is 5.95 Å². The predicted molar refractivity (Wildman–Crippen MR) is 103 cm³/mol. The lowest BCUT2D eigenvalue weighted by Crippen LogP contribution is -2.37. The fourth-order valence-electron chi connectivity index (χ4n) is 2.98. The van der Waals surface area contributed by atoms with Gasteiger partial charge in [0.25, 0.3) is 5.56 Å². The third-order valence-electron chi connectivity index (χ3n) is 4.22. The number of esters is 1. The van der Waals surface area contributed by atoms with Gasteiger partial charge in [-0.3, -0.25) is 23.7 Å². The molecular weight excluding hydrogens is 493 g/mol. The highest BCUT2D eigenvalue weighted by Crippen LogP contribution is 2.40. The van der Waals surface area contributed by atoms with Gasteiger partial charge in [-0.05, 0) is 22.4 Å². The summed E-state index contributed by atoms with van der Waals surface area (Å²) in [5, 5.41) is 10.6. The molecule has 2 aromatic rings. The van der Waals surface area contributed by atoms with Crippen molar-refractivity contribution >= 4 is 46.8 Å². The number of imidazole rings is 1. The summed E-state index contributed by atoms with van der Waals surface area (Å²) in [6.07, 6.45) is -4.79. The molecule has 1 saturated heterocycles. The number of phosphoric ester groups is 1. The smallest absolute Gasteiger partial charge is 0.455 e. The molecule has 0 bridgehead atoms. The zero-order valence-electron chi connectivity index (χ0n) is 15.5. The maximum atomic E-state index is 12.1. The molecule has 16 heteroatoms. The first-order valence-electron chi connectivity index (χ1n) is 8.68. The van der Waals surface area contributed by atoms with Gasteiger partial charge in [0.05, 0.1) is 6.61 Å². The van der Waals surface area contributed by atoms with Crippen LogP contribution >= 0.6 is 23.8 Å². The number of rotatable bonds is 7. The molecule has 0 radical (unpaired) electrons. The van der Waals surface area contributed by atoms with Crippen LogP contribution in [-0.4, -0.2) is 65.3 Å². The monoisotopic (exact) mass is 511 g/mol. The number of hydrogen-bond donors (Lipinski definition) is 5. The number of H-pyrrole nitrogens is 1. The predicted octanol–water partition coefficient (Wildman–Crippen LogP) is -0.456. The zero-order chi connectivity index (χ0) is 22.2. The molecule has 2 aromatic heterocycles. The molecule has 3 rings (SSSR count). The van der Waals surface area contributed by atoms with E-state index in [0.717, 1.165) is 0 Å². The van der Waals surface area contributed by atoms with E-state index in [1.165, 1.54) is 4.57 Å². The van der Waals surface area contributed by atoms with E-state index in [1.54, 1.807) is 6.92 Å². The Morgan fingerprint density at radius 1 is 1.43 bits per heavy atom. The Morgan fingerprint density at radius 2 is 2.13 bits per heavy atom. The number of hydrogen-bond acceptors (Lipinski definition) is 10. The second-order valence-electron chi connectivity index (χ2n) is 6.42. The molecule has 0 unspecified atom stereocenters. The summed E-state index contributed by atoms with van der Waals surface area (Å²) in [7, 11) is -4.85. The Morgan fingerprint density at radius 3 is 2.77 bits per heavy atom. The molecule has 166 valence electrons. The number of aromatic nitrogens is 4. The average Bonchev–Trinajstić information content (AvgIpc) is 3.10. The Kier molecular flexibility index (Phi) is 6.62. The third-order valence-corrected chi connectivity index (χ3v) is 5.27. The largest absolute Gasteiger partial charge is 0.469 e. The second-order valence-corrected chi connectivity index (χ2v) is 8.37. The van der Waals surface area contributed by atoms with E-state index in [4.69, 9.17) is 25.0 Å². The van der Waals surface area contributed by atoms with Crippen LogP contribution in [0, 0.1) is 0 Å². The van der Waals surface area contributed by atoms with Crippen LogP contribution in [0.3, 0.4) is 0 Å².